The summed E-state index contributed by atoms with van der Waals surface area (Å²) in [5.74, 6) is -1.56. The van der Waals surface area contributed by atoms with E-state index in [0.29, 0.717) is 6.54 Å². The highest BCUT2D eigenvalue weighted by atomic mass is 16.4. The van der Waals surface area contributed by atoms with Crippen molar-refractivity contribution < 1.29 is 19.5 Å². The van der Waals surface area contributed by atoms with Crippen molar-refractivity contribution in [2.24, 2.45) is 0 Å². The first kappa shape index (κ1) is 19.2. The number of amides is 2. The largest absolute Gasteiger partial charge is 0.478 e. The Morgan fingerprint density at radius 3 is 2.38 bits per heavy atom. The zero-order valence-corrected chi connectivity index (χ0v) is 14.9. The molecule has 0 bridgehead atoms. The number of hydrogen-bond donors (Lipinski definition) is 2. The maximum atomic E-state index is 12.2. The van der Waals surface area contributed by atoms with E-state index in [-0.39, 0.29) is 36.0 Å². The molecule has 0 aliphatic rings. The molecule has 0 unspecified atom stereocenters. The van der Waals surface area contributed by atoms with Crippen molar-refractivity contribution in [3.8, 4) is 0 Å². The molecular weight excluding hydrogens is 332 g/mol. The van der Waals surface area contributed by atoms with Crippen LogP contribution in [0.1, 0.15) is 34.8 Å². The van der Waals surface area contributed by atoms with E-state index in [9.17, 15) is 19.5 Å². The van der Waals surface area contributed by atoms with Crippen molar-refractivity contribution in [1.82, 2.24) is 4.90 Å². The van der Waals surface area contributed by atoms with Crippen LogP contribution < -0.4 is 5.32 Å². The summed E-state index contributed by atoms with van der Waals surface area (Å²) in [5.41, 5.74) is 2.08. The number of carbonyl (C=O) groups is 3. The van der Waals surface area contributed by atoms with Gasteiger partial charge in [-0.3, -0.25) is 9.59 Å². The van der Waals surface area contributed by atoms with Gasteiger partial charge >= 0.3 is 5.97 Å². The topological polar surface area (TPSA) is 86.7 Å². The first-order valence-electron chi connectivity index (χ1n) is 8.30. The highest BCUT2D eigenvalue weighted by Crippen LogP contribution is 2.18. The first-order chi connectivity index (χ1) is 12.4. The number of benzene rings is 2. The van der Waals surface area contributed by atoms with E-state index < -0.39 is 5.97 Å². The van der Waals surface area contributed by atoms with Gasteiger partial charge in [0.2, 0.25) is 11.8 Å². The Kier molecular flexibility index (Phi) is 6.49. The molecule has 26 heavy (non-hydrogen) atoms. The predicted molar refractivity (Wildman–Crippen MR) is 98.9 cm³/mol. The van der Waals surface area contributed by atoms with Crippen molar-refractivity contribution in [1.29, 1.82) is 0 Å². The average Bonchev–Trinajstić information content (AvgIpc) is 2.60. The Morgan fingerprint density at radius 1 is 1.08 bits per heavy atom. The third-order valence-electron chi connectivity index (χ3n) is 3.95. The summed E-state index contributed by atoms with van der Waals surface area (Å²) in [6, 6.07) is 14.3. The van der Waals surface area contributed by atoms with Gasteiger partial charge in [0.25, 0.3) is 0 Å². The normalized spacial score (nSPS) is 10.2. The van der Waals surface area contributed by atoms with E-state index in [1.54, 1.807) is 24.0 Å². The summed E-state index contributed by atoms with van der Waals surface area (Å²) in [4.78, 5) is 36.9. The van der Waals surface area contributed by atoms with Crippen molar-refractivity contribution >= 4 is 23.5 Å². The summed E-state index contributed by atoms with van der Waals surface area (Å²) < 4.78 is 0. The number of aromatic carboxylic acids is 1. The highest BCUT2D eigenvalue weighted by molar-refractivity contribution is 6.00. The van der Waals surface area contributed by atoms with Crippen LogP contribution in [-0.4, -0.2) is 34.3 Å². The number of rotatable bonds is 7. The lowest BCUT2D eigenvalue weighted by Crippen LogP contribution is -2.31. The molecule has 0 aliphatic heterocycles. The van der Waals surface area contributed by atoms with Gasteiger partial charge < -0.3 is 15.3 Å². The van der Waals surface area contributed by atoms with E-state index >= 15 is 0 Å². The van der Waals surface area contributed by atoms with Crippen molar-refractivity contribution in [2.75, 3.05) is 11.9 Å². The molecular formula is C20H22N2O4. The van der Waals surface area contributed by atoms with E-state index in [4.69, 9.17) is 0 Å². The monoisotopic (exact) mass is 354 g/mol. The fourth-order valence-corrected chi connectivity index (χ4v) is 2.54. The molecule has 0 radical (unpaired) electrons. The van der Waals surface area contributed by atoms with Gasteiger partial charge in [0.05, 0.1) is 11.3 Å². The van der Waals surface area contributed by atoms with Gasteiger partial charge in [0.15, 0.2) is 0 Å². The van der Waals surface area contributed by atoms with Crippen LogP contribution in [0, 0.1) is 6.92 Å². The Bertz CT molecular complexity index is 803. The summed E-state index contributed by atoms with van der Waals surface area (Å²) >= 11 is 0. The number of carboxylic acid groups (broad SMARTS) is 1. The van der Waals surface area contributed by atoms with Crippen molar-refractivity contribution in [3.63, 3.8) is 0 Å². The van der Waals surface area contributed by atoms with Crippen LogP contribution in [-0.2, 0) is 16.1 Å². The number of aryl methyl sites for hydroxylation is 1. The van der Waals surface area contributed by atoms with Gasteiger partial charge in [-0.25, -0.2) is 4.79 Å². The van der Waals surface area contributed by atoms with Gasteiger partial charge in [-0.15, -0.1) is 0 Å². The van der Waals surface area contributed by atoms with Crippen molar-refractivity contribution in [3.05, 3.63) is 65.2 Å². The summed E-state index contributed by atoms with van der Waals surface area (Å²) in [7, 11) is 0. The summed E-state index contributed by atoms with van der Waals surface area (Å²) in [6.45, 7) is 3.92. The van der Waals surface area contributed by atoms with Crippen LogP contribution in [0.15, 0.2) is 48.5 Å². The minimum Gasteiger partial charge on any atom is -0.478 e. The second kappa shape index (κ2) is 8.80. The van der Waals surface area contributed by atoms with E-state index in [0.717, 1.165) is 11.1 Å². The molecule has 0 fully saturated rings. The summed E-state index contributed by atoms with van der Waals surface area (Å²) in [5, 5.41) is 11.9. The number of anilines is 1. The van der Waals surface area contributed by atoms with Gasteiger partial charge in [-0.2, -0.15) is 0 Å². The maximum Gasteiger partial charge on any atom is 0.337 e. The Balaban J connectivity index is 1.98. The lowest BCUT2D eigenvalue weighted by atomic mass is 10.1. The SMILES string of the molecule is CC(=O)N(CCC(=O)Nc1ccc(C)cc1C(=O)O)Cc1ccccc1. The van der Waals surface area contributed by atoms with Crippen LogP contribution in [0.5, 0.6) is 0 Å². The zero-order chi connectivity index (χ0) is 19.1. The fourth-order valence-electron chi connectivity index (χ4n) is 2.54. The molecule has 2 amide bonds. The number of carbonyl (C=O) groups excluding carboxylic acids is 2. The second-order valence-corrected chi connectivity index (χ2v) is 6.08. The lowest BCUT2D eigenvalue weighted by molar-refractivity contribution is -0.129. The molecule has 2 aromatic rings. The van der Waals surface area contributed by atoms with E-state index in [2.05, 4.69) is 5.32 Å². The minimum absolute atomic E-state index is 0.0473. The first-order valence-corrected chi connectivity index (χ1v) is 8.30. The average molecular weight is 354 g/mol. The quantitative estimate of drug-likeness (QED) is 0.800. The maximum absolute atomic E-state index is 12.2. The van der Waals surface area contributed by atoms with Gasteiger partial charge in [-0.1, -0.05) is 42.0 Å². The molecule has 0 saturated carbocycles. The van der Waals surface area contributed by atoms with Crippen LogP contribution in [0.4, 0.5) is 5.69 Å². The molecule has 0 aliphatic carbocycles. The molecule has 2 N–H and O–H groups in total. The molecule has 136 valence electrons. The third kappa shape index (κ3) is 5.44. The van der Waals surface area contributed by atoms with Crippen LogP contribution in [0.2, 0.25) is 0 Å². The van der Waals surface area contributed by atoms with Gasteiger partial charge in [0, 0.05) is 26.4 Å². The zero-order valence-electron chi connectivity index (χ0n) is 14.9. The molecule has 0 saturated heterocycles. The molecule has 2 aromatic carbocycles. The van der Waals surface area contributed by atoms with Crippen LogP contribution in [0.3, 0.4) is 0 Å². The Hall–Kier alpha value is -3.15. The molecule has 6 nitrogen and oxygen atoms in total. The second-order valence-electron chi connectivity index (χ2n) is 6.08. The molecule has 0 atom stereocenters. The predicted octanol–water partition coefficient (Wildman–Crippen LogP) is 3.07. The number of hydrogen-bond acceptors (Lipinski definition) is 3. The molecule has 2 rings (SSSR count). The standard InChI is InChI=1S/C20H22N2O4/c1-14-8-9-18(17(12-14)20(25)26)21-19(24)10-11-22(15(2)23)13-16-6-4-3-5-7-16/h3-9,12H,10-11,13H2,1-2H3,(H,21,24)(H,25,26). The molecule has 6 heteroatoms. The third-order valence-corrected chi connectivity index (χ3v) is 3.95. The van der Waals surface area contributed by atoms with Gasteiger partial charge in [-0.05, 0) is 24.6 Å². The molecule has 0 heterocycles. The smallest absolute Gasteiger partial charge is 0.337 e. The number of nitrogens with zero attached hydrogens (tertiary/aromatic N) is 1. The highest BCUT2D eigenvalue weighted by Gasteiger charge is 2.15. The van der Waals surface area contributed by atoms with Crippen molar-refractivity contribution in [2.45, 2.75) is 26.8 Å². The van der Waals surface area contributed by atoms with E-state index in [1.165, 1.54) is 13.0 Å². The van der Waals surface area contributed by atoms with E-state index in [1.807, 2.05) is 30.3 Å². The Morgan fingerprint density at radius 2 is 1.77 bits per heavy atom. The van der Waals surface area contributed by atoms with Crippen LogP contribution in [0.25, 0.3) is 0 Å². The Labute approximate surface area is 152 Å². The van der Waals surface area contributed by atoms with Gasteiger partial charge in [0.1, 0.15) is 0 Å². The molecule has 0 aromatic heterocycles. The number of nitrogens with one attached hydrogen (secondary N) is 1. The lowest BCUT2D eigenvalue weighted by Gasteiger charge is -2.21. The fraction of sp³-hybridized carbons (Fsp3) is 0.250. The molecule has 0 spiro atoms. The van der Waals surface area contributed by atoms with Crippen LogP contribution >= 0.6 is 0 Å². The number of carboxylic acids is 1. The minimum atomic E-state index is -1.10. The summed E-state index contributed by atoms with van der Waals surface area (Å²) in [6.07, 6.45) is 0.0827.